The highest BCUT2D eigenvalue weighted by atomic mass is 19.1. The molecule has 0 amide bonds. The van der Waals surface area contributed by atoms with Gasteiger partial charge < -0.3 is 10.1 Å². The zero-order valence-electron chi connectivity index (χ0n) is 7.87. The lowest BCUT2D eigenvalue weighted by molar-refractivity contribution is 0.452. The van der Waals surface area contributed by atoms with E-state index in [1.807, 2.05) is 0 Å². The van der Waals surface area contributed by atoms with E-state index >= 15 is 0 Å². The molecule has 1 aromatic carbocycles. The fraction of sp³-hybridized carbons (Fsp3) is 0. The van der Waals surface area contributed by atoms with Crippen LogP contribution in [-0.2, 0) is 0 Å². The molecule has 0 radical (unpaired) electrons. The van der Waals surface area contributed by atoms with E-state index in [0.717, 1.165) is 18.2 Å². The Morgan fingerprint density at radius 1 is 1.12 bits per heavy atom. The summed E-state index contributed by atoms with van der Waals surface area (Å²) >= 11 is 0. The SMILES string of the molecule is O=c1cc(O)nc(-c2cc(F)cc(F)c2)[nH]1. The molecule has 1 heterocycles. The average molecular weight is 224 g/mol. The molecule has 0 bridgehead atoms. The van der Waals surface area contributed by atoms with Crippen LogP contribution in [0.2, 0.25) is 0 Å². The molecule has 0 fully saturated rings. The number of nitrogens with zero attached hydrogens (tertiary/aromatic N) is 1. The zero-order valence-corrected chi connectivity index (χ0v) is 7.87. The molecule has 0 aliphatic rings. The maximum Gasteiger partial charge on any atom is 0.254 e. The molecule has 0 spiro atoms. The second-order valence-corrected chi connectivity index (χ2v) is 3.11. The van der Waals surface area contributed by atoms with Crippen molar-refractivity contribution in [3.8, 4) is 17.3 Å². The summed E-state index contributed by atoms with van der Waals surface area (Å²) in [6.07, 6.45) is 0. The third-order valence-electron chi connectivity index (χ3n) is 1.86. The number of halogens is 2. The summed E-state index contributed by atoms with van der Waals surface area (Å²) in [6.45, 7) is 0. The first-order valence-electron chi connectivity index (χ1n) is 4.31. The number of benzene rings is 1. The fourth-order valence-corrected chi connectivity index (χ4v) is 1.27. The van der Waals surface area contributed by atoms with Crippen LogP contribution < -0.4 is 5.56 Å². The van der Waals surface area contributed by atoms with Crippen LogP contribution in [0.3, 0.4) is 0 Å². The molecular weight excluding hydrogens is 218 g/mol. The van der Waals surface area contributed by atoms with Gasteiger partial charge in [0.2, 0.25) is 5.88 Å². The Bertz CT molecular complexity index is 575. The lowest BCUT2D eigenvalue weighted by Crippen LogP contribution is -2.06. The number of aromatic nitrogens is 2. The van der Waals surface area contributed by atoms with Crippen LogP contribution in [-0.4, -0.2) is 15.1 Å². The lowest BCUT2D eigenvalue weighted by Gasteiger charge is -2.01. The molecule has 1 aromatic heterocycles. The van der Waals surface area contributed by atoms with Crippen LogP contribution in [0.5, 0.6) is 5.88 Å². The highest BCUT2D eigenvalue weighted by Crippen LogP contribution is 2.18. The third-order valence-corrected chi connectivity index (χ3v) is 1.86. The highest BCUT2D eigenvalue weighted by molar-refractivity contribution is 5.55. The molecule has 2 N–H and O–H groups in total. The van der Waals surface area contributed by atoms with Gasteiger partial charge in [0.1, 0.15) is 17.5 Å². The minimum atomic E-state index is -0.791. The van der Waals surface area contributed by atoms with Gasteiger partial charge in [0, 0.05) is 11.6 Å². The van der Waals surface area contributed by atoms with Crippen molar-refractivity contribution in [1.29, 1.82) is 0 Å². The fourth-order valence-electron chi connectivity index (χ4n) is 1.27. The smallest absolute Gasteiger partial charge is 0.254 e. The molecule has 0 aliphatic carbocycles. The van der Waals surface area contributed by atoms with Crippen LogP contribution in [0.15, 0.2) is 29.1 Å². The predicted octanol–water partition coefficient (Wildman–Crippen LogP) is 1.42. The van der Waals surface area contributed by atoms with Gasteiger partial charge in [-0.1, -0.05) is 0 Å². The second kappa shape index (κ2) is 3.73. The molecular formula is C10H6F2N2O2. The van der Waals surface area contributed by atoms with Crippen molar-refractivity contribution in [2.24, 2.45) is 0 Å². The van der Waals surface area contributed by atoms with E-state index in [4.69, 9.17) is 5.11 Å². The van der Waals surface area contributed by atoms with Crippen LogP contribution in [0, 0.1) is 11.6 Å². The average Bonchev–Trinajstić information content (AvgIpc) is 2.14. The molecule has 2 aromatic rings. The molecule has 82 valence electrons. The summed E-state index contributed by atoms with van der Waals surface area (Å²) in [4.78, 5) is 16.8. The summed E-state index contributed by atoms with van der Waals surface area (Å²) in [5, 5.41) is 9.08. The van der Waals surface area contributed by atoms with Gasteiger partial charge in [-0.25, -0.2) is 8.78 Å². The second-order valence-electron chi connectivity index (χ2n) is 3.11. The Labute approximate surface area is 88.2 Å². The van der Waals surface area contributed by atoms with Gasteiger partial charge in [0.15, 0.2) is 0 Å². The van der Waals surface area contributed by atoms with E-state index in [9.17, 15) is 13.6 Å². The van der Waals surface area contributed by atoms with E-state index < -0.39 is 23.1 Å². The summed E-state index contributed by atoms with van der Waals surface area (Å²) in [6, 6.07) is 3.56. The van der Waals surface area contributed by atoms with Crippen molar-refractivity contribution in [1.82, 2.24) is 9.97 Å². The molecule has 0 atom stereocenters. The number of nitrogens with one attached hydrogen (secondary N) is 1. The Hall–Kier alpha value is -2.24. The number of aromatic amines is 1. The Kier molecular flexibility index (Phi) is 2.40. The van der Waals surface area contributed by atoms with Crippen LogP contribution in [0.1, 0.15) is 0 Å². The summed E-state index contributed by atoms with van der Waals surface area (Å²) in [5.74, 6) is -2.19. The molecule has 0 saturated carbocycles. The molecule has 2 rings (SSSR count). The molecule has 0 aliphatic heterocycles. The summed E-state index contributed by atoms with van der Waals surface area (Å²) in [7, 11) is 0. The molecule has 4 nitrogen and oxygen atoms in total. The van der Waals surface area contributed by atoms with E-state index in [1.165, 1.54) is 0 Å². The summed E-state index contributed by atoms with van der Waals surface area (Å²) in [5.41, 5.74) is -0.558. The van der Waals surface area contributed by atoms with Gasteiger partial charge in [-0.3, -0.25) is 4.79 Å². The normalized spacial score (nSPS) is 10.4. The van der Waals surface area contributed by atoms with Crippen LogP contribution >= 0.6 is 0 Å². The molecule has 0 saturated heterocycles. The molecule has 16 heavy (non-hydrogen) atoms. The standard InChI is InChI=1S/C10H6F2N2O2/c11-6-1-5(2-7(12)3-6)10-13-8(15)4-9(16)14-10/h1-4H,(H2,13,14,15,16). The van der Waals surface area contributed by atoms with E-state index in [2.05, 4.69) is 9.97 Å². The van der Waals surface area contributed by atoms with Crippen molar-refractivity contribution in [3.63, 3.8) is 0 Å². The van der Waals surface area contributed by atoms with Crippen molar-refractivity contribution in [2.45, 2.75) is 0 Å². The predicted molar refractivity (Wildman–Crippen MR) is 51.9 cm³/mol. The van der Waals surface area contributed by atoms with Crippen molar-refractivity contribution < 1.29 is 13.9 Å². The zero-order chi connectivity index (χ0) is 11.7. The third kappa shape index (κ3) is 2.05. The van der Waals surface area contributed by atoms with Gasteiger partial charge in [-0.15, -0.1) is 0 Å². The maximum atomic E-state index is 12.9. The van der Waals surface area contributed by atoms with Gasteiger partial charge in [-0.05, 0) is 12.1 Å². The molecule has 6 heteroatoms. The van der Waals surface area contributed by atoms with E-state index in [0.29, 0.717) is 6.07 Å². The number of aromatic hydroxyl groups is 1. The van der Waals surface area contributed by atoms with E-state index in [-0.39, 0.29) is 11.4 Å². The van der Waals surface area contributed by atoms with Gasteiger partial charge in [0.05, 0.1) is 6.07 Å². The topological polar surface area (TPSA) is 66.0 Å². The number of H-pyrrole nitrogens is 1. The first-order valence-corrected chi connectivity index (χ1v) is 4.31. The van der Waals surface area contributed by atoms with Crippen molar-refractivity contribution in [3.05, 3.63) is 46.3 Å². The van der Waals surface area contributed by atoms with Crippen LogP contribution in [0.4, 0.5) is 8.78 Å². The number of rotatable bonds is 1. The Morgan fingerprint density at radius 2 is 1.75 bits per heavy atom. The number of hydrogen-bond acceptors (Lipinski definition) is 3. The highest BCUT2D eigenvalue weighted by Gasteiger charge is 2.06. The monoisotopic (exact) mass is 224 g/mol. The van der Waals surface area contributed by atoms with Gasteiger partial charge >= 0.3 is 0 Å². The largest absolute Gasteiger partial charge is 0.493 e. The molecule has 0 unspecified atom stereocenters. The van der Waals surface area contributed by atoms with Gasteiger partial charge in [-0.2, -0.15) is 4.98 Å². The Balaban J connectivity index is 2.62. The van der Waals surface area contributed by atoms with Gasteiger partial charge in [0.25, 0.3) is 5.56 Å². The van der Waals surface area contributed by atoms with Crippen LogP contribution in [0.25, 0.3) is 11.4 Å². The lowest BCUT2D eigenvalue weighted by atomic mass is 10.2. The van der Waals surface area contributed by atoms with Crippen molar-refractivity contribution in [2.75, 3.05) is 0 Å². The number of hydrogen-bond donors (Lipinski definition) is 2. The quantitative estimate of drug-likeness (QED) is 0.769. The maximum absolute atomic E-state index is 12.9. The first kappa shape index (κ1) is 10.3. The summed E-state index contributed by atoms with van der Waals surface area (Å²) < 4.78 is 25.8. The Morgan fingerprint density at radius 3 is 2.31 bits per heavy atom. The first-order chi connectivity index (χ1) is 7.54. The van der Waals surface area contributed by atoms with Crippen molar-refractivity contribution >= 4 is 0 Å². The van der Waals surface area contributed by atoms with E-state index in [1.54, 1.807) is 0 Å². The minimum Gasteiger partial charge on any atom is -0.493 e. The minimum absolute atomic E-state index is 0.0468.